The zero-order valence-corrected chi connectivity index (χ0v) is 8.90. The van der Waals surface area contributed by atoms with Crippen molar-refractivity contribution in [3.05, 3.63) is 29.5 Å². The van der Waals surface area contributed by atoms with Crippen LogP contribution in [0, 0.1) is 6.92 Å². The fourth-order valence-corrected chi connectivity index (χ4v) is 2.02. The molecule has 0 bridgehead atoms. The van der Waals surface area contributed by atoms with Crippen LogP contribution in [0.2, 0.25) is 0 Å². The van der Waals surface area contributed by atoms with Gasteiger partial charge in [0.15, 0.2) is 5.58 Å². The van der Waals surface area contributed by atoms with Crippen molar-refractivity contribution in [1.82, 2.24) is 5.16 Å². The average molecular weight is 217 g/mol. The van der Waals surface area contributed by atoms with Crippen molar-refractivity contribution in [3.63, 3.8) is 0 Å². The van der Waals surface area contributed by atoms with E-state index in [0.29, 0.717) is 6.47 Å². The van der Waals surface area contributed by atoms with E-state index >= 15 is 0 Å². The largest absolute Gasteiger partial charge is 0.456 e. The van der Waals surface area contributed by atoms with Crippen molar-refractivity contribution in [2.24, 2.45) is 0 Å². The Morgan fingerprint density at radius 3 is 3.00 bits per heavy atom. The second kappa shape index (κ2) is 3.07. The fourth-order valence-electron chi connectivity index (χ4n) is 2.02. The summed E-state index contributed by atoms with van der Waals surface area (Å²) in [5.74, 6) is 0. The molecule has 1 aromatic heterocycles. The summed E-state index contributed by atoms with van der Waals surface area (Å²) in [6.07, 6.45) is 1.78. The minimum Gasteiger partial charge on any atom is -0.456 e. The normalized spacial score (nSPS) is 17.3. The molecule has 1 aliphatic rings. The Labute approximate surface area is 92.2 Å². The molecule has 1 aromatic carbocycles. The number of ether oxygens (including phenoxy) is 1. The van der Waals surface area contributed by atoms with E-state index in [2.05, 4.69) is 5.16 Å². The van der Waals surface area contributed by atoms with Crippen LogP contribution < -0.4 is 0 Å². The summed E-state index contributed by atoms with van der Waals surface area (Å²) in [5, 5.41) is 4.88. The number of hydrogen-bond acceptors (Lipinski definition) is 4. The van der Waals surface area contributed by atoms with Crippen molar-refractivity contribution in [1.29, 1.82) is 0 Å². The van der Waals surface area contributed by atoms with Crippen LogP contribution >= 0.6 is 0 Å². The molecule has 0 unspecified atom stereocenters. The van der Waals surface area contributed by atoms with Crippen LogP contribution in [0.25, 0.3) is 11.0 Å². The van der Waals surface area contributed by atoms with E-state index in [9.17, 15) is 4.79 Å². The summed E-state index contributed by atoms with van der Waals surface area (Å²) in [5.41, 5.74) is 2.26. The van der Waals surface area contributed by atoms with E-state index in [1.165, 1.54) is 0 Å². The van der Waals surface area contributed by atoms with Gasteiger partial charge in [0.05, 0.1) is 5.69 Å². The van der Waals surface area contributed by atoms with Gasteiger partial charge in [0.25, 0.3) is 6.47 Å². The molecule has 0 saturated heterocycles. The van der Waals surface area contributed by atoms with Crippen molar-refractivity contribution >= 4 is 17.4 Å². The van der Waals surface area contributed by atoms with Crippen molar-refractivity contribution < 1.29 is 14.1 Å². The summed E-state index contributed by atoms with van der Waals surface area (Å²) >= 11 is 0. The maximum absolute atomic E-state index is 10.5. The van der Waals surface area contributed by atoms with Crippen LogP contribution in [0.1, 0.15) is 24.1 Å². The van der Waals surface area contributed by atoms with Crippen molar-refractivity contribution in [3.8, 4) is 0 Å². The molecule has 0 amide bonds. The van der Waals surface area contributed by atoms with E-state index < -0.39 is 0 Å². The van der Waals surface area contributed by atoms with Crippen LogP contribution in [0.15, 0.2) is 22.7 Å². The Balaban J connectivity index is 2.11. The van der Waals surface area contributed by atoms with Crippen LogP contribution in [0.3, 0.4) is 0 Å². The third-order valence-corrected chi connectivity index (χ3v) is 3.15. The Kier molecular flexibility index (Phi) is 1.80. The van der Waals surface area contributed by atoms with Gasteiger partial charge in [-0.2, -0.15) is 0 Å². The number of carbonyl (C=O) groups excluding carboxylic acids is 1. The molecule has 0 atom stereocenters. The zero-order chi connectivity index (χ0) is 11.2. The predicted octanol–water partition coefficient (Wildman–Crippen LogP) is 2.30. The van der Waals surface area contributed by atoms with Gasteiger partial charge in [-0.3, -0.25) is 4.79 Å². The fraction of sp³-hybridized carbons (Fsp3) is 0.333. The Hall–Kier alpha value is -1.84. The average Bonchev–Trinajstić information content (AvgIpc) is 2.99. The van der Waals surface area contributed by atoms with Gasteiger partial charge >= 0.3 is 0 Å². The molecule has 4 heteroatoms. The van der Waals surface area contributed by atoms with Crippen molar-refractivity contribution in [2.75, 3.05) is 0 Å². The standard InChI is InChI=1S/C12H11NO3/c1-8-10-6-9(2-3-11(10)16-13-8)12(4-5-12)15-7-14/h2-3,6-7H,4-5H2,1H3. The summed E-state index contributed by atoms with van der Waals surface area (Å²) in [6, 6.07) is 5.81. The van der Waals surface area contributed by atoms with Crippen LogP contribution in [-0.4, -0.2) is 11.6 Å². The van der Waals surface area contributed by atoms with Gasteiger partial charge in [-0.05, 0) is 37.5 Å². The quantitative estimate of drug-likeness (QED) is 0.740. The highest BCUT2D eigenvalue weighted by atomic mass is 16.5. The Morgan fingerprint density at radius 1 is 1.50 bits per heavy atom. The molecule has 1 heterocycles. The molecule has 0 radical (unpaired) electrons. The first-order valence-electron chi connectivity index (χ1n) is 5.23. The number of nitrogens with zero attached hydrogens (tertiary/aromatic N) is 1. The van der Waals surface area contributed by atoms with Gasteiger partial charge in [0.2, 0.25) is 0 Å². The van der Waals surface area contributed by atoms with Gasteiger partial charge in [-0.1, -0.05) is 11.2 Å². The van der Waals surface area contributed by atoms with Gasteiger partial charge in [0.1, 0.15) is 5.60 Å². The number of benzene rings is 1. The highest BCUT2D eigenvalue weighted by molar-refractivity contribution is 5.80. The van der Waals surface area contributed by atoms with Gasteiger partial charge < -0.3 is 9.26 Å². The molecule has 0 spiro atoms. The number of fused-ring (bicyclic) bond motifs is 1. The molecule has 2 aromatic rings. The lowest BCUT2D eigenvalue weighted by Gasteiger charge is -2.13. The zero-order valence-electron chi connectivity index (χ0n) is 8.90. The summed E-state index contributed by atoms with van der Waals surface area (Å²) in [4.78, 5) is 10.5. The first-order valence-corrected chi connectivity index (χ1v) is 5.23. The van der Waals surface area contributed by atoms with Gasteiger partial charge in [0, 0.05) is 5.39 Å². The minimum atomic E-state index is -0.389. The van der Waals surface area contributed by atoms with Gasteiger partial charge in [-0.15, -0.1) is 0 Å². The first-order chi connectivity index (χ1) is 7.75. The number of rotatable bonds is 3. The van der Waals surface area contributed by atoms with Crippen LogP contribution in [0.5, 0.6) is 0 Å². The lowest BCUT2D eigenvalue weighted by molar-refractivity contribution is -0.136. The Bertz CT molecular complexity index is 554. The second-order valence-corrected chi connectivity index (χ2v) is 4.19. The maximum atomic E-state index is 10.5. The van der Waals surface area contributed by atoms with Crippen LogP contribution in [-0.2, 0) is 15.1 Å². The molecule has 82 valence electrons. The molecule has 3 rings (SSSR count). The monoisotopic (exact) mass is 217 g/mol. The van der Waals surface area contributed by atoms with Gasteiger partial charge in [-0.25, -0.2) is 0 Å². The lowest BCUT2D eigenvalue weighted by Crippen LogP contribution is -2.10. The number of aromatic nitrogens is 1. The summed E-state index contributed by atoms with van der Waals surface area (Å²) in [6.45, 7) is 2.42. The molecule has 1 aliphatic carbocycles. The van der Waals surface area contributed by atoms with E-state index in [-0.39, 0.29) is 5.60 Å². The third-order valence-electron chi connectivity index (χ3n) is 3.15. The summed E-state index contributed by atoms with van der Waals surface area (Å²) in [7, 11) is 0. The molecule has 16 heavy (non-hydrogen) atoms. The third kappa shape index (κ3) is 1.23. The molecule has 1 saturated carbocycles. The van der Waals surface area contributed by atoms with Crippen molar-refractivity contribution in [2.45, 2.75) is 25.4 Å². The molecular formula is C12H11NO3. The highest BCUT2D eigenvalue weighted by Crippen LogP contribution is 2.49. The van der Waals surface area contributed by atoms with E-state index in [1.807, 2.05) is 25.1 Å². The van der Waals surface area contributed by atoms with E-state index in [1.54, 1.807) is 0 Å². The molecule has 1 fully saturated rings. The summed E-state index contributed by atoms with van der Waals surface area (Å²) < 4.78 is 10.3. The molecule has 0 aliphatic heterocycles. The predicted molar refractivity (Wildman–Crippen MR) is 56.8 cm³/mol. The molecule has 4 nitrogen and oxygen atoms in total. The number of aryl methyl sites for hydroxylation is 1. The minimum absolute atomic E-state index is 0.389. The molecule has 0 N–H and O–H groups in total. The topological polar surface area (TPSA) is 52.3 Å². The van der Waals surface area contributed by atoms with Crippen LogP contribution in [0.4, 0.5) is 0 Å². The molecular weight excluding hydrogens is 206 g/mol. The number of carbonyl (C=O) groups is 1. The Morgan fingerprint density at radius 2 is 2.31 bits per heavy atom. The van der Waals surface area contributed by atoms with E-state index in [0.717, 1.165) is 35.1 Å². The SMILES string of the molecule is Cc1noc2ccc(C3(OC=O)CC3)cc12. The number of hydrogen-bond donors (Lipinski definition) is 0. The highest BCUT2D eigenvalue weighted by Gasteiger charge is 2.47. The smallest absolute Gasteiger partial charge is 0.293 e. The lowest BCUT2D eigenvalue weighted by atomic mass is 10.0. The maximum Gasteiger partial charge on any atom is 0.293 e. The second-order valence-electron chi connectivity index (χ2n) is 4.19. The first kappa shape index (κ1) is 9.39. The van der Waals surface area contributed by atoms with E-state index in [4.69, 9.17) is 9.26 Å².